The standard InChI is InChI=1S/C70H56/c1-3-21-51-38-39-52-28-16-18-34-58(52)64(51)46-67-69(62-36-19-32-56-44-54-30-13-14-31-55(54)45-63(56)62)68(61-37-20-35-59-57-33-17-15-29-53(57)40-41-60(59)61)65(42-48-22-7-4-8-23-48)66(43-49-24-9-5-10-25-49)70(67,2)47-50-26-11-6-12-27-50/h3-41,44-45,67H,42-43,46-47H2,1-2H3. The molecule has 0 N–H and O–H groups in total. The van der Waals surface area contributed by atoms with Gasteiger partial charge in [-0.25, -0.2) is 0 Å². The highest BCUT2D eigenvalue weighted by Crippen LogP contribution is 2.59. The van der Waals surface area contributed by atoms with Gasteiger partial charge in [-0.2, -0.15) is 0 Å². The zero-order valence-electron chi connectivity index (χ0n) is 40.1. The lowest BCUT2D eigenvalue weighted by atomic mass is 9.54. The Balaban J connectivity index is 1.29. The second-order valence-electron chi connectivity index (χ2n) is 19.7. The van der Waals surface area contributed by atoms with E-state index in [4.69, 9.17) is 0 Å². The summed E-state index contributed by atoms with van der Waals surface area (Å²) in [5, 5.41) is 12.8. The van der Waals surface area contributed by atoms with Crippen LogP contribution in [-0.2, 0) is 25.7 Å². The highest BCUT2D eigenvalue weighted by atomic mass is 14.5. The molecule has 0 amide bonds. The van der Waals surface area contributed by atoms with Crippen LogP contribution in [0.4, 0.5) is 0 Å². The van der Waals surface area contributed by atoms with Gasteiger partial charge in [0.25, 0.3) is 0 Å². The smallest absolute Gasteiger partial charge is 0.000570 e. The van der Waals surface area contributed by atoms with Crippen LogP contribution in [0.5, 0.6) is 0 Å². The minimum absolute atomic E-state index is 0.0311. The molecule has 11 aromatic rings. The molecule has 0 spiro atoms. The fourth-order valence-electron chi connectivity index (χ4n) is 12.3. The minimum atomic E-state index is -0.361. The molecule has 336 valence electrons. The van der Waals surface area contributed by atoms with Crippen LogP contribution in [0.25, 0.3) is 71.1 Å². The molecule has 0 aliphatic heterocycles. The number of fused-ring (bicyclic) bond motifs is 6. The van der Waals surface area contributed by atoms with E-state index in [2.05, 4.69) is 263 Å². The van der Waals surface area contributed by atoms with E-state index in [0.29, 0.717) is 0 Å². The molecular formula is C70H56. The molecule has 2 unspecified atom stereocenters. The summed E-state index contributed by atoms with van der Waals surface area (Å²) in [5.41, 5.74) is 14.7. The Bertz CT molecular complexity index is 3830. The van der Waals surface area contributed by atoms with E-state index >= 15 is 0 Å². The number of hydrogen-bond acceptors (Lipinski definition) is 0. The molecule has 0 saturated heterocycles. The van der Waals surface area contributed by atoms with E-state index in [1.807, 2.05) is 0 Å². The molecule has 0 saturated carbocycles. The van der Waals surface area contributed by atoms with Gasteiger partial charge in [-0.3, -0.25) is 0 Å². The van der Waals surface area contributed by atoms with Crippen LogP contribution < -0.4 is 0 Å². The van der Waals surface area contributed by atoms with E-state index in [9.17, 15) is 0 Å². The molecule has 0 nitrogen and oxygen atoms in total. The van der Waals surface area contributed by atoms with E-state index in [-0.39, 0.29) is 11.3 Å². The van der Waals surface area contributed by atoms with Crippen molar-refractivity contribution < 1.29 is 0 Å². The van der Waals surface area contributed by atoms with Gasteiger partial charge in [0.1, 0.15) is 0 Å². The van der Waals surface area contributed by atoms with Crippen LogP contribution in [0.2, 0.25) is 0 Å². The highest BCUT2D eigenvalue weighted by Gasteiger charge is 2.47. The Morgan fingerprint density at radius 1 is 0.414 bits per heavy atom. The first-order chi connectivity index (χ1) is 34.5. The van der Waals surface area contributed by atoms with Crippen molar-refractivity contribution in [3.63, 3.8) is 0 Å². The van der Waals surface area contributed by atoms with Crippen LogP contribution in [0.3, 0.4) is 0 Å². The summed E-state index contributed by atoms with van der Waals surface area (Å²) in [7, 11) is 0. The maximum atomic E-state index is 2.64. The van der Waals surface area contributed by atoms with Crippen molar-refractivity contribution in [1.82, 2.24) is 0 Å². The molecular weight excluding hydrogens is 841 g/mol. The molecule has 0 radical (unpaired) electrons. The zero-order valence-corrected chi connectivity index (χ0v) is 40.1. The third kappa shape index (κ3) is 7.84. The second-order valence-corrected chi connectivity index (χ2v) is 19.7. The largest absolute Gasteiger partial charge is 0.0871 e. The number of hydrogen-bond donors (Lipinski definition) is 0. The lowest BCUT2D eigenvalue weighted by Crippen LogP contribution is -2.39. The Morgan fingerprint density at radius 3 is 1.67 bits per heavy atom. The summed E-state index contributed by atoms with van der Waals surface area (Å²) in [5.74, 6) is 0.0311. The predicted octanol–water partition coefficient (Wildman–Crippen LogP) is 18.3. The molecule has 0 heterocycles. The second kappa shape index (κ2) is 18.4. The van der Waals surface area contributed by atoms with Gasteiger partial charge in [-0.05, 0) is 160 Å². The third-order valence-corrected chi connectivity index (χ3v) is 15.5. The van der Waals surface area contributed by atoms with Gasteiger partial charge in [0.2, 0.25) is 0 Å². The van der Waals surface area contributed by atoms with E-state index in [1.54, 1.807) is 0 Å². The summed E-state index contributed by atoms with van der Waals surface area (Å²) in [6.45, 7) is 4.80. The Hall–Kier alpha value is -8.06. The van der Waals surface area contributed by atoms with Gasteiger partial charge >= 0.3 is 0 Å². The lowest BCUT2D eigenvalue weighted by Gasteiger charge is -2.49. The Kier molecular flexibility index (Phi) is 11.4. The Labute approximate surface area is 412 Å². The molecule has 1 aliphatic rings. The highest BCUT2D eigenvalue weighted by molar-refractivity contribution is 6.17. The van der Waals surface area contributed by atoms with Crippen molar-refractivity contribution in [1.29, 1.82) is 0 Å². The monoisotopic (exact) mass is 896 g/mol. The van der Waals surface area contributed by atoms with Crippen molar-refractivity contribution in [2.24, 2.45) is 11.3 Å². The normalized spacial score (nSPS) is 16.4. The van der Waals surface area contributed by atoms with Gasteiger partial charge in [0.05, 0.1) is 0 Å². The summed E-state index contributed by atoms with van der Waals surface area (Å²) in [4.78, 5) is 0. The van der Waals surface area contributed by atoms with Gasteiger partial charge < -0.3 is 0 Å². The van der Waals surface area contributed by atoms with Crippen LogP contribution >= 0.6 is 0 Å². The summed E-state index contributed by atoms with van der Waals surface area (Å²) < 4.78 is 0. The maximum Gasteiger partial charge on any atom is 0.000570 e. The van der Waals surface area contributed by atoms with Crippen molar-refractivity contribution >= 4 is 71.1 Å². The average Bonchev–Trinajstić information content (AvgIpc) is 3.41. The van der Waals surface area contributed by atoms with Crippen LogP contribution in [0, 0.1) is 11.3 Å². The minimum Gasteiger partial charge on any atom is -0.0871 e. The molecule has 0 bridgehead atoms. The van der Waals surface area contributed by atoms with Crippen LogP contribution in [-0.4, -0.2) is 0 Å². The SMILES string of the molecule is CC=Cc1ccc2ccccc2c1CC1C(c2cccc3cc4ccccc4cc23)=C(c2cccc3c2ccc2ccccc23)C(Cc2ccccc2)=C(Cc2ccccc2)C1(C)Cc1ccccc1. The summed E-state index contributed by atoms with van der Waals surface area (Å²) in [6, 6.07) is 89.3. The first-order valence-electron chi connectivity index (χ1n) is 25.1. The van der Waals surface area contributed by atoms with E-state index in [0.717, 1.165) is 25.7 Å². The van der Waals surface area contributed by atoms with Crippen molar-refractivity contribution in [2.75, 3.05) is 0 Å². The van der Waals surface area contributed by atoms with Gasteiger partial charge in [-0.1, -0.05) is 249 Å². The topological polar surface area (TPSA) is 0 Å². The molecule has 0 fully saturated rings. The van der Waals surface area contributed by atoms with E-state index in [1.165, 1.54) is 115 Å². The fraction of sp³-hybridized carbons (Fsp3) is 0.114. The maximum absolute atomic E-state index is 2.64. The van der Waals surface area contributed by atoms with Crippen molar-refractivity contribution in [3.8, 4) is 0 Å². The number of allylic oxidation sites excluding steroid dienone is 5. The molecule has 70 heavy (non-hydrogen) atoms. The molecule has 2 atom stereocenters. The fourth-order valence-corrected chi connectivity index (χ4v) is 12.3. The zero-order chi connectivity index (χ0) is 47.0. The van der Waals surface area contributed by atoms with Crippen molar-refractivity contribution in [3.05, 3.63) is 293 Å². The van der Waals surface area contributed by atoms with Gasteiger partial charge in [0.15, 0.2) is 0 Å². The average molecular weight is 897 g/mol. The van der Waals surface area contributed by atoms with Crippen LogP contribution in [0.15, 0.2) is 254 Å². The number of benzene rings is 11. The summed E-state index contributed by atoms with van der Waals surface area (Å²) in [6.07, 6.45) is 7.92. The quantitative estimate of drug-likeness (QED) is 0.0896. The Morgan fingerprint density at radius 2 is 0.957 bits per heavy atom. The number of rotatable bonds is 11. The molecule has 0 aromatic heterocycles. The lowest BCUT2D eigenvalue weighted by molar-refractivity contribution is 0.280. The molecule has 11 aromatic carbocycles. The van der Waals surface area contributed by atoms with Gasteiger partial charge in [-0.15, -0.1) is 0 Å². The van der Waals surface area contributed by atoms with Gasteiger partial charge in [0, 0.05) is 5.41 Å². The first-order valence-corrected chi connectivity index (χ1v) is 25.1. The van der Waals surface area contributed by atoms with E-state index < -0.39 is 0 Å². The first kappa shape index (κ1) is 43.2. The molecule has 1 aliphatic carbocycles. The molecule has 0 heteroatoms. The van der Waals surface area contributed by atoms with Crippen molar-refractivity contribution in [2.45, 2.75) is 39.5 Å². The predicted molar refractivity (Wildman–Crippen MR) is 301 cm³/mol. The molecule has 12 rings (SSSR count). The van der Waals surface area contributed by atoms with Crippen LogP contribution in [0.1, 0.15) is 52.8 Å². The third-order valence-electron chi connectivity index (χ3n) is 15.5. The summed E-state index contributed by atoms with van der Waals surface area (Å²) >= 11 is 0.